The van der Waals surface area contributed by atoms with Gasteiger partial charge in [-0.15, -0.1) is 0 Å². The zero-order chi connectivity index (χ0) is 59.9. The fourth-order valence-electron chi connectivity index (χ4n) is 10.5. The van der Waals surface area contributed by atoms with E-state index in [9.17, 15) is 29.1 Å². The summed E-state index contributed by atoms with van der Waals surface area (Å²) in [6.45, 7) is 13.5. The van der Waals surface area contributed by atoms with Gasteiger partial charge in [0.2, 0.25) is 0 Å². The van der Waals surface area contributed by atoms with E-state index in [4.69, 9.17) is 61.8 Å². The molecule has 0 aromatic heterocycles. The lowest BCUT2D eigenvalue weighted by molar-refractivity contribution is -0.338. The molecular weight excluding hydrogens is 1110 g/mol. The van der Waals surface area contributed by atoms with Gasteiger partial charge in [0.1, 0.15) is 49.8 Å². The number of carbonyl (C=O) groups is 6. The number of fused-ring (bicyclic) bond motifs is 1. The number of cyclic esters (lactones) is 2. The number of esters is 3. The van der Waals surface area contributed by atoms with Crippen molar-refractivity contribution in [2.24, 2.45) is 5.11 Å². The second kappa shape index (κ2) is 25.8. The second-order valence-electron chi connectivity index (χ2n) is 22.9. The van der Waals surface area contributed by atoms with Crippen molar-refractivity contribution in [3.63, 3.8) is 0 Å². The van der Waals surface area contributed by atoms with Crippen molar-refractivity contribution in [1.82, 2.24) is 4.90 Å². The van der Waals surface area contributed by atoms with Crippen LogP contribution in [-0.4, -0.2) is 170 Å². The largest absolute Gasteiger partial charge is 0.508 e. The summed E-state index contributed by atoms with van der Waals surface area (Å²) >= 11 is 0. The fourth-order valence-corrected chi connectivity index (χ4v) is 16.3. The molecule has 4 fully saturated rings. The van der Waals surface area contributed by atoms with Crippen LogP contribution in [0.1, 0.15) is 68.7 Å². The molecule has 0 saturated carbocycles. The molecule has 2 unspecified atom stereocenters. The van der Waals surface area contributed by atoms with Gasteiger partial charge in [-0.25, -0.2) is 28.9 Å². The van der Waals surface area contributed by atoms with Crippen molar-refractivity contribution in [2.75, 3.05) is 40.1 Å². The zero-order valence-electron chi connectivity index (χ0n) is 47.6. The lowest BCUT2D eigenvalue weighted by atomic mass is 9.88. The average Bonchev–Trinajstić information content (AvgIpc) is 4.08. The summed E-state index contributed by atoms with van der Waals surface area (Å²) in [6.07, 6.45) is -17.6. The number of aliphatic hydroxyl groups excluding tert-OH is 1. The van der Waals surface area contributed by atoms with E-state index in [1.54, 1.807) is 36.4 Å². The highest BCUT2D eigenvalue weighted by Gasteiger charge is 2.66. The van der Waals surface area contributed by atoms with E-state index in [0.29, 0.717) is 0 Å². The highest BCUT2D eigenvalue weighted by Crippen LogP contribution is 2.45. The summed E-state index contributed by atoms with van der Waals surface area (Å²) < 4.78 is 74.1. The number of aliphatic hydroxyl groups is 1. The van der Waals surface area contributed by atoms with Gasteiger partial charge in [0.15, 0.2) is 32.9 Å². The third kappa shape index (κ3) is 13.3. The SMILES string of the molecule is COC(=O)[C@@]1(OC[C@H]2O[C@@H](OCCN=[N+]=[N-])[C@H](OC(=O)c3ccccc3)[C@@H](OC(=O)c3ccccc3)[C@H]2O)C[C@@H]2OC(=O)N(C(=O)CO[Si](c3ccccc3)(c3ccccc3)C(C)(C)C)[C@H]2[C@H](C2OC(=O)OCC2O[Si](C)(C)C(C)(C)C)O1. The third-order valence-corrected chi connectivity index (χ3v) is 25.0. The van der Waals surface area contributed by atoms with E-state index in [1.165, 1.54) is 24.3 Å². The maximum atomic E-state index is 15.2. The second-order valence-corrected chi connectivity index (χ2v) is 31.9. The topological polar surface area (TPSA) is 285 Å². The maximum absolute atomic E-state index is 15.2. The van der Waals surface area contributed by atoms with E-state index < -0.39 is 149 Å². The molecule has 4 saturated heterocycles. The highest BCUT2D eigenvalue weighted by atomic mass is 28.4. The van der Waals surface area contributed by atoms with Crippen molar-refractivity contribution in [3.8, 4) is 0 Å². The van der Waals surface area contributed by atoms with Crippen LogP contribution in [0.5, 0.6) is 0 Å². The summed E-state index contributed by atoms with van der Waals surface area (Å²) in [6, 6.07) is 33.2. The Kier molecular flexibility index (Phi) is 19.3. The average molecular weight is 1180 g/mol. The normalized spacial score (nSPS) is 26.5. The standard InChI is InChI=1S/C58H70N4O19Si2/c1-56(2,3)82(8,9)81-42-33-72-55(69)79-46(42)47-44-40(76-54(68)62(44)43(63)35-74-83(57(4,5)6,38-26-18-12-19-27-38)39-28-20-13-21-29-39)32-58(80-47,53(67)70-7)73-34-41-45(64)48(77-50(65)36-22-14-10-15-23-36)49(52(75-41)71-31-30-60-61-59)78-51(66)37-24-16-11-17-25-37/h10-29,40-42,44-49,52,64H,30-35H2,1-9H3/t40-,41+,42?,44+,45-,46?,47+,48-,49+,52+,58+/m0/s1. The van der Waals surface area contributed by atoms with Gasteiger partial charge in [0.25, 0.3) is 20.0 Å². The monoisotopic (exact) mass is 1180 g/mol. The van der Waals surface area contributed by atoms with Crippen LogP contribution in [0.3, 0.4) is 0 Å². The molecule has 8 rings (SSSR count). The Morgan fingerprint density at radius 1 is 0.783 bits per heavy atom. The molecular formula is C58H70N4O19Si2. The number of ether oxygens (including phenoxy) is 10. The molecule has 23 nitrogen and oxygen atoms in total. The molecule has 83 heavy (non-hydrogen) atoms. The van der Waals surface area contributed by atoms with E-state index in [-0.39, 0.29) is 30.9 Å². The summed E-state index contributed by atoms with van der Waals surface area (Å²) in [7, 11) is -5.20. The van der Waals surface area contributed by atoms with Gasteiger partial charge in [0.05, 0.1) is 37.9 Å². The van der Waals surface area contributed by atoms with Crippen LogP contribution < -0.4 is 10.4 Å². The minimum atomic E-state index is -3.42. The molecule has 4 aromatic rings. The first-order valence-electron chi connectivity index (χ1n) is 27.1. The van der Waals surface area contributed by atoms with Gasteiger partial charge in [-0.3, -0.25) is 4.79 Å². The van der Waals surface area contributed by atoms with Crippen molar-refractivity contribution in [1.29, 1.82) is 0 Å². The molecule has 11 atom stereocenters. The van der Waals surface area contributed by atoms with E-state index in [1.807, 2.05) is 115 Å². The number of imide groups is 1. The van der Waals surface area contributed by atoms with Crippen molar-refractivity contribution in [3.05, 3.63) is 143 Å². The highest BCUT2D eigenvalue weighted by molar-refractivity contribution is 6.99. The zero-order valence-corrected chi connectivity index (χ0v) is 49.6. The Hall–Kier alpha value is -7.04. The van der Waals surface area contributed by atoms with Crippen LogP contribution in [-0.2, 0) is 65.8 Å². The molecule has 0 aliphatic carbocycles. The first kappa shape index (κ1) is 62.0. The number of benzene rings is 4. The minimum absolute atomic E-state index is 0.0617. The van der Waals surface area contributed by atoms with Crippen LogP contribution in [0.15, 0.2) is 126 Å². The smallest absolute Gasteiger partial charge is 0.465 e. The predicted molar refractivity (Wildman–Crippen MR) is 299 cm³/mol. The number of carbonyl (C=O) groups excluding carboxylic acids is 6. The number of hydrogen-bond acceptors (Lipinski definition) is 20. The Morgan fingerprint density at radius 3 is 1.87 bits per heavy atom. The minimum Gasteiger partial charge on any atom is -0.465 e. The molecule has 0 radical (unpaired) electrons. The number of hydrogen-bond donors (Lipinski definition) is 1. The Labute approximate surface area is 482 Å². The van der Waals surface area contributed by atoms with Crippen molar-refractivity contribution < 1.29 is 90.1 Å². The first-order valence-corrected chi connectivity index (χ1v) is 31.9. The molecule has 444 valence electrons. The van der Waals surface area contributed by atoms with Crippen LogP contribution in [0.25, 0.3) is 10.4 Å². The van der Waals surface area contributed by atoms with Gasteiger partial charge in [-0.1, -0.05) is 144 Å². The molecule has 4 aromatic carbocycles. The van der Waals surface area contributed by atoms with Gasteiger partial charge in [0, 0.05) is 11.5 Å². The Bertz CT molecular complexity index is 2940. The Balaban J connectivity index is 1.17. The van der Waals surface area contributed by atoms with Crippen LogP contribution >= 0.6 is 0 Å². The van der Waals surface area contributed by atoms with E-state index in [2.05, 4.69) is 10.0 Å². The predicted octanol–water partition coefficient (Wildman–Crippen LogP) is 6.74. The molecule has 4 aliphatic rings. The van der Waals surface area contributed by atoms with Crippen LogP contribution in [0.4, 0.5) is 9.59 Å². The van der Waals surface area contributed by atoms with Crippen LogP contribution in [0, 0.1) is 0 Å². The third-order valence-electron chi connectivity index (χ3n) is 15.5. The number of amides is 2. The van der Waals surface area contributed by atoms with Gasteiger partial charge in [-0.05, 0) is 63.3 Å². The number of rotatable bonds is 20. The van der Waals surface area contributed by atoms with E-state index in [0.717, 1.165) is 22.4 Å². The first-order chi connectivity index (χ1) is 39.4. The summed E-state index contributed by atoms with van der Waals surface area (Å²) in [4.78, 5) is 88.9. The molecule has 0 spiro atoms. The Morgan fingerprint density at radius 2 is 1.34 bits per heavy atom. The van der Waals surface area contributed by atoms with Crippen LogP contribution in [0.2, 0.25) is 23.2 Å². The maximum Gasteiger partial charge on any atom is 0.508 e. The number of azide groups is 1. The molecule has 1 N–H and O–H groups in total. The number of nitrogens with zero attached hydrogens (tertiary/aromatic N) is 4. The summed E-state index contributed by atoms with van der Waals surface area (Å²) in [5.41, 5.74) is 9.20. The van der Waals surface area contributed by atoms with Crippen molar-refractivity contribution in [2.45, 2.75) is 138 Å². The lowest BCUT2D eigenvalue weighted by Crippen LogP contribution is -2.70. The molecule has 25 heteroatoms. The van der Waals surface area contributed by atoms with Crippen molar-refractivity contribution >= 4 is 63.1 Å². The van der Waals surface area contributed by atoms with Gasteiger partial charge in [-0.2, -0.15) is 0 Å². The molecule has 2 amide bonds. The molecule has 4 heterocycles. The number of methoxy groups -OCH3 is 1. The summed E-state index contributed by atoms with van der Waals surface area (Å²) in [5, 5.41) is 16.5. The molecule has 0 bridgehead atoms. The van der Waals surface area contributed by atoms with Gasteiger partial charge >= 0.3 is 30.2 Å². The summed E-state index contributed by atoms with van der Waals surface area (Å²) in [5.74, 6) is -6.55. The van der Waals surface area contributed by atoms with E-state index >= 15 is 4.79 Å². The fraction of sp³-hybridized carbons (Fsp3) is 0.483. The molecule has 4 aliphatic heterocycles. The lowest BCUT2D eigenvalue weighted by Gasteiger charge is -2.50. The quantitative estimate of drug-likeness (QED) is 0.0182. The van der Waals surface area contributed by atoms with Gasteiger partial charge < -0.3 is 61.3 Å².